The van der Waals surface area contributed by atoms with Crippen molar-refractivity contribution in [2.75, 3.05) is 18.4 Å². The zero-order valence-corrected chi connectivity index (χ0v) is 11.0. The lowest BCUT2D eigenvalue weighted by atomic mass is 9.94. The second kappa shape index (κ2) is 6.55. The van der Waals surface area contributed by atoms with Crippen LogP contribution in [-0.2, 0) is 11.2 Å². The van der Waals surface area contributed by atoms with E-state index in [0.717, 1.165) is 38.0 Å². The molecular formula is C15H22N2O. The van der Waals surface area contributed by atoms with E-state index in [1.54, 1.807) is 0 Å². The molecule has 0 aliphatic carbocycles. The van der Waals surface area contributed by atoms with Crippen molar-refractivity contribution in [2.24, 2.45) is 5.92 Å². The highest BCUT2D eigenvalue weighted by Crippen LogP contribution is 2.19. The fourth-order valence-electron chi connectivity index (χ4n) is 2.50. The molecule has 1 aromatic rings. The maximum Gasteiger partial charge on any atom is 0.224 e. The molecule has 18 heavy (non-hydrogen) atoms. The molecule has 1 fully saturated rings. The molecule has 0 spiro atoms. The average molecular weight is 246 g/mol. The van der Waals surface area contributed by atoms with Crippen LogP contribution in [0.15, 0.2) is 24.3 Å². The Morgan fingerprint density at radius 2 is 2.06 bits per heavy atom. The molecule has 3 heteroatoms. The van der Waals surface area contributed by atoms with E-state index >= 15 is 0 Å². The number of anilines is 1. The number of nitrogens with one attached hydrogen (secondary N) is 2. The Labute approximate surface area is 109 Å². The molecule has 1 aromatic carbocycles. The van der Waals surface area contributed by atoms with Gasteiger partial charge in [0.2, 0.25) is 5.91 Å². The number of aryl methyl sites for hydroxylation is 1. The van der Waals surface area contributed by atoms with E-state index in [4.69, 9.17) is 0 Å². The van der Waals surface area contributed by atoms with E-state index in [1.165, 1.54) is 5.56 Å². The quantitative estimate of drug-likeness (QED) is 0.857. The molecule has 1 aliphatic heterocycles. The molecule has 1 heterocycles. The normalized spacial score (nSPS) is 16.5. The maximum absolute atomic E-state index is 12.0. The van der Waals surface area contributed by atoms with E-state index in [1.807, 2.05) is 18.2 Å². The lowest BCUT2D eigenvalue weighted by molar-refractivity contribution is -0.117. The predicted octanol–water partition coefficient (Wildman–Crippen LogP) is 2.58. The van der Waals surface area contributed by atoms with Crippen molar-refractivity contribution in [3.63, 3.8) is 0 Å². The van der Waals surface area contributed by atoms with Crippen LogP contribution in [0, 0.1) is 5.92 Å². The first-order chi connectivity index (χ1) is 8.79. The van der Waals surface area contributed by atoms with Gasteiger partial charge in [0.25, 0.3) is 0 Å². The van der Waals surface area contributed by atoms with Crippen molar-refractivity contribution >= 4 is 11.6 Å². The van der Waals surface area contributed by atoms with Gasteiger partial charge >= 0.3 is 0 Å². The summed E-state index contributed by atoms with van der Waals surface area (Å²) >= 11 is 0. The zero-order chi connectivity index (χ0) is 12.8. The van der Waals surface area contributed by atoms with Crippen LogP contribution in [0.2, 0.25) is 0 Å². The zero-order valence-electron chi connectivity index (χ0n) is 11.0. The Bertz CT molecular complexity index is 397. The van der Waals surface area contributed by atoms with E-state index in [-0.39, 0.29) is 5.91 Å². The first-order valence-corrected chi connectivity index (χ1v) is 6.88. The summed E-state index contributed by atoms with van der Waals surface area (Å²) < 4.78 is 0. The molecule has 0 radical (unpaired) electrons. The van der Waals surface area contributed by atoms with Gasteiger partial charge in [-0.2, -0.15) is 0 Å². The standard InChI is InChI=1S/C15H22N2O/c1-2-13-5-3-4-6-14(13)17-15(18)11-12-7-9-16-10-8-12/h3-6,12,16H,2,7-11H2,1H3,(H,17,18). The van der Waals surface area contributed by atoms with Crippen LogP contribution in [0.3, 0.4) is 0 Å². The summed E-state index contributed by atoms with van der Waals surface area (Å²) in [5.74, 6) is 0.697. The Morgan fingerprint density at radius 3 is 2.78 bits per heavy atom. The minimum Gasteiger partial charge on any atom is -0.326 e. The van der Waals surface area contributed by atoms with Gasteiger partial charge in [0.05, 0.1) is 0 Å². The van der Waals surface area contributed by atoms with Gasteiger partial charge in [-0.15, -0.1) is 0 Å². The minimum atomic E-state index is 0.155. The fraction of sp³-hybridized carbons (Fsp3) is 0.533. The number of rotatable bonds is 4. The van der Waals surface area contributed by atoms with Crippen molar-refractivity contribution in [1.29, 1.82) is 0 Å². The van der Waals surface area contributed by atoms with E-state index in [2.05, 4.69) is 23.6 Å². The van der Waals surface area contributed by atoms with Crippen LogP contribution in [0.5, 0.6) is 0 Å². The number of carbonyl (C=O) groups is 1. The van der Waals surface area contributed by atoms with Gasteiger partial charge in [0.15, 0.2) is 0 Å². The smallest absolute Gasteiger partial charge is 0.224 e. The van der Waals surface area contributed by atoms with Crippen molar-refractivity contribution in [3.8, 4) is 0 Å². The summed E-state index contributed by atoms with van der Waals surface area (Å²) in [5, 5.41) is 6.37. The molecule has 0 aromatic heterocycles. The first kappa shape index (κ1) is 13.1. The summed E-state index contributed by atoms with van der Waals surface area (Å²) in [6, 6.07) is 8.04. The van der Waals surface area contributed by atoms with Crippen molar-refractivity contribution < 1.29 is 4.79 Å². The second-order valence-electron chi connectivity index (χ2n) is 4.96. The number of hydrogen-bond acceptors (Lipinski definition) is 2. The average Bonchev–Trinajstić information content (AvgIpc) is 2.40. The molecule has 0 atom stereocenters. The fourth-order valence-corrected chi connectivity index (χ4v) is 2.50. The highest BCUT2D eigenvalue weighted by Gasteiger charge is 2.17. The van der Waals surface area contributed by atoms with E-state index in [0.29, 0.717) is 12.3 Å². The largest absolute Gasteiger partial charge is 0.326 e. The predicted molar refractivity (Wildman–Crippen MR) is 74.7 cm³/mol. The van der Waals surface area contributed by atoms with Crippen molar-refractivity contribution in [3.05, 3.63) is 29.8 Å². The number of carbonyl (C=O) groups excluding carboxylic acids is 1. The third-order valence-electron chi connectivity index (χ3n) is 3.61. The van der Waals surface area contributed by atoms with E-state index in [9.17, 15) is 4.79 Å². The van der Waals surface area contributed by atoms with Crippen LogP contribution >= 0.6 is 0 Å². The Balaban J connectivity index is 1.90. The van der Waals surface area contributed by atoms with Gasteiger partial charge in [-0.05, 0) is 49.9 Å². The van der Waals surface area contributed by atoms with E-state index < -0.39 is 0 Å². The lowest BCUT2D eigenvalue weighted by Crippen LogP contribution is -2.30. The summed E-state index contributed by atoms with van der Waals surface area (Å²) in [6.45, 7) is 4.20. The summed E-state index contributed by atoms with van der Waals surface area (Å²) in [6.07, 6.45) is 3.83. The molecular weight excluding hydrogens is 224 g/mol. The number of piperidine rings is 1. The minimum absolute atomic E-state index is 0.155. The first-order valence-electron chi connectivity index (χ1n) is 6.88. The van der Waals surface area contributed by atoms with Gasteiger partial charge in [0.1, 0.15) is 0 Å². The third-order valence-corrected chi connectivity index (χ3v) is 3.61. The maximum atomic E-state index is 12.0. The highest BCUT2D eigenvalue weighted by atomic mass is 16.1. The molecule has 1 saturated heterocycles. The molecule has 1 aliphatic rings. The van der Waals surface area contributed by atoms with Gasteiger partial charge < -0.3 is 10.6 Å². The van der Waals surface area contributed by atoms with Gasteiger partial charge in [0, 0.05) is 12.1 Å². The highest BCUT2D eigenvalue weighted by molar-refractivity contribution is 5.91. The second-order valence-corrected chi connectivity index (χ2v) is 4.96. The lowest BCUT2D eigenvalue weighted by Gasteiger charge is -2.22. The molecule has 0 bridgehead atoms. The number of hydrogen-bond donors (Lipinski definition) is 2. The number of benzene rings is 1. The Kier molecular flexibility index (Phi) is 4.76. The number of amides is 1. The molecule has 0 unspecified atom stereocenters. The van der Waals surface area contributed by atoms with Gasteiger partial charge in [-0.25, -0.2) is 0 Å². The summed E-state index contributed by atoms with van der Waals surface area (Å²) in [4.78, 5) is 12.0. The van der Waals surface area contributed by atoms with Crippen LogP contribution in [0.4, 0.5) is 5.69 Å². The van der Waals surface area contributed by atoms with Crippen molar-refractivity contribution in [1.82, 2.24) is 5.32 Å². The monoisotopic (exact) mass is 246 g/mol. The van der Waals surface area contributed by atoms with Crippen molar-refractivity contribution in [2.45, 2.75) is 32.6 Å². The molecule has 2 rings (SSSR count). The van der Waals surface area contributed by atoms with Crippen LogP contribution in [0.1, 0.15) is 31.7 Å². The van der Waals surface area contributed by atoms with Gasteiger partial charge in [-0.3, -0.25) is 4.79 Å². The van der Waals surface area contributed by atoms with Crippen LogP contribution in [0.25, 0.3) is 0 Å². The third kappa shape index (κ3) is 3.57. The topological polar surface area (TPSA) is 41.1 Å². The Morgan fingerprint density at radius 1 is 1.33 bits per heavy atom. The summed E-state index contributed by atoms with van der Waals surface area (Å²) in [5.41, 5.74) is 2.18. The Hall–Kier alpha value is -1.35. The van der Waals surface area contributed by atoms with Crippen LogP contribution < -0.4 is 10.6 Å². The van der Waals surface area contributed by atoms with Crippen LogP contribution in [-0.4, -0.2) is 19.0 Å². The molecule has 0 saturated carbocycles. The molecule has 98 valence electrons. The summed E-state index contributed by atoms with van der Waals surface area (Å²) in [7, 11) is 0. The molecule has 1 amide bonds. The molecule has 2 N–H and O–H groups in total. The SMILES string of the molecule is CCc1ccccc1NC(=O)CC1CCNCC1. The van der Waals surface area contributed by atoms with Gasteiger partial charge in [-0.1, -0.05) is 25.1 Å². The molecule has 3 nitrogen and oxygen atoms in total. The number of para-hydroxylation sites is 1.